The van der Waals surface area contributed by atoms with Gasteiger partial charge >= 0.3 is 0 Å². The molecule has 2 rings (SSSR count). The molecule has 0 bridgehead atoms. The zero-order valence-corrected chi connectivity index (χ0v) is 19.0. The second-order valence-corrected chi connectivity index (χ2v) is 8.39. The molecule has 2 aromatic rings. The summed E-state index contributed by atoms with van der Waals surface area (Å²) >= 11 is 0. The van der Waals surface area contributed by atoms with Crippen molar-refractivity contribution in [3.05, 3.63) is 64.1 Å². The number of halogens is 2. The molecule has 1 aromatic carbocycles. The van der Waals surface area contributed by atoms with E-state index in [1.807, 2.05) is 0 Å². The third kappa shape index (κ3) is 9.67. The second-order valence-electron chi connectivity index (χ2n) is 8.39. The first-order valence-corrected chi connectivity index (χ1v) is 12.0. The van der Waals surface area contributed by atoms with Gasteiger partial charge in [-0.05, 0) is 50.7 Å². The molecule has 0 spiro atoms. The summed E-state index contributed by atoms with van der Waals surface area (Å²) in [6, 6.07) is 4.70. The smallest absolute Gasteiger partial charge is 0.271 e. The van der Waals surface area contributed by atoms with E-state index < -0.39 is 11.6 Å². The maximum absolute atomic E-state index is 13.9. The minimum absolute atomic E-state index is 0.0437. The summed E-state index contributed by atoms with van der Waals surface area (Å²) in [6.45, 7) is 2.25. The molecule has 0 unspecified atom stereocenters. The topological polar surface area (TPSA) is 37.8 Å². The average molecular weight is 433 g/mol. The fourth-order valence-corrected chi connectivity index (χ4v) is 3.80. The van der Waals surface area contributed by atoms with Crippen LogP contribution in [0.3, 0.4) is 0 Å². The van der Waals surface area contributed by atoms with E-state index >= 15 is 0 Å². The highest BCUT2D eigenvalue weighted by Crippen LogP contribution is 2.14. The lowest BCUT2D eigenvalue weighted by Gasteiger charge is -2.04. The number of aryl methyl sites for hydroxylation is 1. The van der Waals surface area contributed by atoms with Crippen LogP contribution in [0.15, 0.2) is 41.2 Å². The van der Waals surface area contributed by atoms with Gasteiger partial charge in [0.15, 0.2) is 5.82 Å². The van der Waals surface area contributed by atoms with Gasteiger partial charge in [0.2, 0.25) is 0 Å². The van der Waals surface area contributed by atoms with E-state index in [9.17, 15) is 13.6 Å². The van der Waals surface area contributed by atoms with Gasteiger partial charge in [0.25, 0.3) is 5.56 Å². The van der Waals surface area contributed by atoms with Gasteiger partial charge < -0.3 is 0 Å². The number of nitrogens with zero attached hydrogens (tertiary/aromatic N) is 1. The van der Waals surface area contributed by atoms with Crippen molar-refractivity contribution in [1.82, 2.24) is 9.78 Å². The number of H-pyrrole nitrogens is 1. The van der Waals surface area contributed by atoms with Gasteiger partial charge in [-0.15, -0.1) is 0 Å². The summed E-state index contributed by atoms with van der Waals surface area (Å²) in [5, 5.41) is 2.94. The standard InChI is InChI=1S/C26H38F2N2O/c1-2-3-4-5-6-7-8-9-10-11-12-13-14-15-16-17-23-21-26(31)30(29-23)25-19-18-22(27)20-24(25)28/h9-10,18-21,29H,2-8,11-17H2,1H3/b10-9-. The Labute approximate surface area is 185 Å². The van der Waals surface area contributed by atoms with Crippen LogP contribution in [0, 0.1) is 11.6 Å². The van der Waals surface area contributed by atoms with E-state index in [-0.39, 0.29) is 11.2 Å². The second kappa shape index (κ2) is 14.8. The number of aromatic amines is 1. The number of hydrogen-bond acceptors (Lipinski definition) is 1. The van der Waals surface area contributed by atoms with Crippen LogP contribution in [0.2, 0.25) is 0 Å². The lowest BCUT2D eigenvalue weighted by molar-refractivity contribution is 0.571. The summed E-state index contributed by atoms with van der Waals surface area (Å²) in [6.07, 6.45) is 21.6. The minimum atomic E-state index is -0.753. The summed E-state index contributed by atoms with van der Waals surface area (Å²) in [5.41, 5.74) is 0.502. The fourth-order valence-electron chi connectivity index (χ4n) is 3.80. The van der Waals surface area contributed by atoms with Gasteiger partial charge in [-0.1, -0.05) is 70.4 Å². The highest BCUT2D eigenvalue weighted by Gasteiger charge is 2.10. The molecule has 3 nitrogen and oxygen atoms in total. The van der Waals surface area contributed by atoms with Crippen molar-refractivity contribution in [3.8, 4) is 5.69 Å². The molecule has 1 N–H and O–H groups in total. The molecule has 0 aliphatic heterocycles. The summed E-state index contributed by atoms with van der Waals surface area (Å²) in [7, 11) is 0. The van der Waals surface area contributed by atoms with Gasteiger partial charge in [-0.2, -0.15) is 0 Å². The maximum Gasteiger partial charge on any atom is 0.271 e. The Morgan fingerprint density at radius 1 is 0.839 bits per heavy atom. The number of allylic oxidation sites excluding steroid dienone is 2. The Hall–Kier alpha value is -2.17. The Morgan fingerprint density at radius 2 is 1.45 bits per heavy atom. The van der Waals surface area contributed by atoms with Gasteiger partial charge in [0, 0.05) is 17.8 Å². The average Bonchev–Trinajstić information content (AvgIpc) is 3.11. The highest BCUT2D eigenvalue weighted by molar-refractivity contribution is 5.33. The zero-order valence-electron chi connectivity index (χ0n) is 19.0. The van der Waals surface area contributed by atoms with E-state index in [1.165, 1.54) is 76.3 Å². The molecular weight excluding hydrogens is 394 g/mol. The van der Waals surface area contributed by atoms with Crippen LogP contribution in [0.4, 0.5) is 8.78 Å². The van der Waals surface area contributed by atoms with Crippen molar-refractivity contribution in [1.29, 1.82) is 0 Å². The molecule has 0 atom stereocenters. The Morgan fingerprint density at radius 3 is 2.10 bits per heavy atom. The maximum atomic E-state index is 13.9. The van der Waals surface area contributed by atoms with Crippen molar-refractivity contribution in [2.45, 2.75) is 96.8 Å². The van der Waals surface area contributed by atoms with Crippen LogP contribution in [-0.2, 0) is 6.42 Å². The van der Waals surface area contributed by atoms with E-state index in [1.54, 1.807) is 0 Å². The molecule has 0 amide bonds. The predicted octanol–water partition coefficient (Wildman–Crippen LogP) is 7.63. The van der Waals surface area contributed by atoms with Gasteiger partial charge in [0.1, 0.15) is 11.5 Å². The van der Waals surface area contributed by atoms with Crippen LogP contribution in [-0.4, -0.2) is 9.78 Å². The van der Waals surface area contributed by atoms with Gasteiger partial charge in [0.05, 0.1) is 0 Å². The molecule has 31 heavy (non-hydrogen) atoms. The van der Waals surface area contributed by atoms with E-state index in [4.69, 9.17) is 0 Å². The number of benzene rings is 1. The number of unbranched alkanes of at least 4 members (excludes halogenated alkanes) is 11. The molecule has 1 heterocycles. The monoisotopic (exact) mass is 432 g/mol. The molecule has 1 aromatic heterocycles. The molecule has 5 heteroatoms. The summed E-state index contributed by atoms with van der Waals surface area (Å²) in [5.74, 6) is -1.41. The Balaban J connectivity index is 1.54. The number of aromatic nitrogens is 2. The first-order valence-electron chi connectivity index (χ1n) is 12.0. The van der Waals surface area contributed by atoms with Crippen molar-refractivity contribution >= 4 is 0 Å². The molecule has 0 saturated carbocycles. The van der Waals surface area contributed by atoms with Crippen molar-refractivity contribution < 1.29 is 8.78 Å². The SMILES string of the molecule is CCCCCCCC/C=C\CCCCCCCc1cc(=O)n(-c2ccc(F)cc2F)[nH]1. The summed E-state index contributed by atoms with van der Waals surface area (Å²) in [4.78, 5) is 12.1. The molecule has 0 radical (unpaired) electrons. The Kier molecular flexibility index (Phi) is 12.0. The van der Waals surface area contributed by atoms with E-state index in [2.05, 4.69) is 24.2 Å². The lowest BCUT2D eigenvalue weighted by atomic mass is 10.1. The lowest BCUT2D eigenvalue weighted by Crippen LogP contribution is -2.15. The van der Waals surface area contributed by atoms with Crippen LogP contribution < -0.4 is 5.56 Å². The largest absolute Gasteiger partial charge is 0.295 e. The van der Waals surface area contributed by atoms with Crippen molar-refractivity contribution in [3.63, 3.8) is 0 Å². The van der Waals surface area contributed by atoms with Crippen molar-refractivity contribution in [2.24, 2.45) is 0 Å². The zero-order chi connectivity index (χ0) is 22.3. The minimum Gasteiger partial charge on any atom is -0.295 e. The predicted molar refractivity (Wildman–Crippen MR) is 125 cm³/mol. The fraction of sp³-hybridized carbons (Fsp3) is 0.577. The van der Waals surface area contributed by atoms with Crippen LogP contribution >= 0.6 is 0 Å². The van der Waals surface area contributed by atoms with Crippen molar-refractivity contribution in [2.75, 3.05) is 0 Å². The number of hydrogen-bond donors (Lipinski definition) is 1. The molecular formula is C26H38F2N2O. The van der Waals surface area contributed by atoms with Crippen LogP contribution in [0.25, 0.3) is 5.69 Å². The quantitative estimate of drug-likeness (QED) is 0.215. The highest BCUT2D eigenvalue weighted by atomic mass is 19.1. The molecule has 0 fully saturated rings. The third-order valence-electron chi connectivity index (χ3n) is 5.63. The summed E-state index contributed by atoms with van der Waals surface area (Å²) < 4.78 is 28.1. The van der Waals surface area contributed by atoms with Crippen LogP contribution in [0.1, 0.15) is 96.1 Å². The normalized spacial score (nSPS) is 11.6. The van der Waals surface area contributed by atoms with Gasteiger partial charge in [-0.3, -0.25) is 9.89 Å². The first-order chi connectivity index (χ1) is 15.1. The number of rotatable bonds is 16. The first kappa shape index (κ1) is 25.1. The number of nitrogens with one attached hydrogen (secondary N) is 1. The van der Waals surface area contributed by atoms with E-state index in [0.717, 1.165) is 48.2 Å². The third-order valence-corrected chi connectivity index (χ3v) is 5.63. The molecule has 0 saturated heterocycles. The van der Waals surface area contributed by atoms with Crippen LogP contribution in [0.5, 0.6) is 0 Å². The molecule has 172 valence electrons. The van der Waals surface area contributed by atoms with Gasteiger partial charge in [-0.25, -0.2) is 13.5 Å². The molecule has 0 aliphatic rings. The van der Waals surface area contributed by atoms with E-state index in [0.29, 0.717) is 0 Å². The molecule has 0 aliphatic carbocycles. The Bertz CT molecular complexity index is 838.